The minimum absolute atomic E-state index is 0. The van der Waals surface area contributed by atoms with Crippen LogP contribution in [0.3, 0.4) is 0 Å². The maximum Gasteiger partial charge on any atom is 1.00 e. The molecule has 0 heterocycles. The molecule has 0 spiro atoms. The van der Waals surface area contributed by atoms with Crippen LogP contribution in [0, 0.1) is 0 Å². The zero-order valence-electron chi connectivity index (χ0n) is 6.36. The average Bonchev–Trinajstić information content (AvgIpc) is 1.85. The van der Waals surface area contributed by atoms with Crippen LogP contribution in [-0.4, -0.2) is 30.3 Å². The van der Waals surface area contributed by atoms with E-state index in [1.54, 1.807) is 0 Å². The van der Waals surface area contributed by atoms with E-state index in [2.05, 4.69) is 4.74 Å². The summed E-state index contributed by atoms with van der Waals surface area (Å²) in [6, 6.07) is 0. The van der Waals surface area contributed by atoms with Crippen molar-refractivity contribution in [1.82, 2.24) is 0 Å². The van der Waals surface area contributed by atoms with E-state index < -0.39 is 24.5 Å². The molecule has 1 N–H and O–H groups in total. The number of methoxy groups -OCH3 is 1. The molecule has 0 saturated heterocycles. The van der Waals surface area contributed by atoms with Crippen LogP contribution in [0.25, 0.3) is 0 Å². The van der Waals surface area contributed by atoms with Gasteiger partial charge in [-0.1, -0.05) is 0 Å². The van der Waals surface area contributed by atoms with Gasteiger partial charge in [0.05, 0.1) is 7.11 Å². The van der Waals surface area contributed by atoms with E-state index in [0.29, 0.717) is 0 Å². The molecule has 0 fully saturated rings. The predicted molar refractivity (Wildman–Crippen MR) is 27.6 cm³/mol. The molecular formula is C5H7NaO5. The quantitative estimate of drug-likeness (QED) is 0.337. The van der Waals surface area contributed by atoms with E-state index in [1.165, 1.54) is 0 Å². The van der Waals surface area contributed by atoms with E-state index in [1.807, 2.05) is 0 Å². The Bertz CT molecular complexity index is 146. The third-order valence-corrected chi connectivity index (χ3v) is 0.833. The summed E-state index contributed by atoms with van der Waals surface area (Å²) in [5, 5.41) is 18.3. The minimum Gasteiger partial charge on any atom is -0.550 e. The van der Waals surface area contributed by atoms with Crippen molar-refractivity contribution in [3.05, 3.63) is 0 Å². The van der Waals surface area contributed by atoms with Crippen LogP contribution in [0.4, 0.5) is 0 Å². The van der Waals surface area contributed by atoms with Crippen molar-refractivity contribution in [2.45, 2.75) is 12.5 Å². The molecule has 58 valence electrons. The molecular weight excluding hydrogens is 163 g/mol. The molecule has 0 radical (unpaired) electrons. The number of carboxylic acid groups (broad SMARTS) is 1. The Hall–Kier alpha value is -0.100. The molecule has 6 heteroatoms. The molecule has 5 nitrogen and oxygen atoms in total. The normalized spacial score (nSPS) is 11.1. The van der Waals surface area contributed by atoms with Crippen molar-refractivity contribution in [2.24, 2.45) is 0 Å². The van der Waals surface area contributed by atoms with Gasteiger partial charge in [-0.3, -0.25) is 0 Å². The number of rotatable bonds is 3. The Balaban J connectivity index is 0. The monoisotopic (exact) mass is 170 g/mol. The molecule has 0 amide bonds. The summed E-state index contributed by atoms with van der Waals surface area (Å²) >= 11 is 0. The number of aliphatic hydroxyl groups excluding tert-OH is 1. The molecule has 0 aromatic heterocycles. The summed E-state index contributed by atoms with van der Waals surface area (Å²) in [7, 11) is 1.06. The van der Waals surface area contributed by atoms with E-state index in [0.717, 1.165) is 7.11 Å². The second-order valence-electron chi connectivity index (χ2n) is 1.62. The zero-order valence-corrected chi connectivity index (χ0v) is 8.36. The first-order valence-corrected chi connectivity index (χ1v) is 2.53. The van der Waals surface area contributed by atoms with Crippen molar-refractivity contribution in [3.63, 3.8) is 0 Å². The number of hydrogen-bond donors (Lipinski definition) is 1. The van der Waals surface area contributed by atoms with Crippen LogP contribution in [0.2, 0.25) is 0 Å². The number of ether oxygens (including phenoxy) is 1. The summed E-state index contributed by atoms with van der Waals surface area (Å²) in [6.07, 6.45) is -2.35. The van der Waals surface area contributed by atoms with Gasteiger partial charge in [-0.25, -0.2) is 4.79 Å². The first kappa shape index (κ1) is 13.5. The molecule has 0 aliphatic rings. The van der Waals surface area contributed by atoms with Gasteiger partial charge in [-0.05, 0) is 0 Å². The second kappa shape index (κ2) is 6.60. The van der Waals surface area contributed by atoms with Crippen LogP contribution >= 0.6 is 0 Å². The van der Waals surface area contributed by atoms with E-state index in [4.69, 9.17) is 5.11 Å². The zero-order chi connectivity index (χ0) is 8.15. The van der Waals surface area contributed by atoms with Crippen molar-refractivity contribution < 1.29 is 54.1 Å². The van der Waals surface area contributed by atoms with Gasteiger partial charge in [-0.15, -0.1) is 0 Å². The fourth-order valence-corrected chi connectivity index (χ4v) is 0.377. The summed E-state index contributed by atoms with van der Waals surface area (Å²) in [5.74, 6) is -2.46. The third-order valence-electron chi connectivity index (χ3n) is 0.833. The molecule has 0 aromatic carbocycles. The van der Waals surface area contributed by atoms with Crippen LogP contribution in [-0.2, 0) is 14.3 Å². The number of esters is 1. The molecule has 11 heavy (non-hydrogen) atoms. The number of aliphatic hydroxyl groups is 1. The molecule has 1 unspecified atom stereocenters. The molecule has 0 bridgehead atoms. The van der Waals surface area contributed by atoms with Gasteiger partial charge < -0.3 is 19.7 Å². The van der Waals surface area contributed by atoms with E-state index in [-0.39, 0.29) is 29.6 Å². The largest absolute Gasteiger partial charge is 1.00 e. The van der Waals surface area contributed by atoms with Gasteiger partial charge in [0.2, 0.25) is 0 Å². The molecule has 0 rings (SSSR count). The molecule has 0 aliphatic carbocycles. The fourth-order valence-electron chi connectivity index (χ4n) is 0.377. The Morgan fingerprint density at radius 3 is 2.36 bits per heavy atom. The van der Waals surface area contributed by atoms with Gasteiger partial charge in [0.1, 0.15) is 0 Å². The first-order chi connectivity index (χ1) is 4.57. The Morgan fingerprint density at radius 1 is 1.64 bits per heavy atom. The standard InChI is InChI=1S/C5H8O5.Na/c1-10-5(9)3(6)2-4(7)8;/h3,6H,2H2,1H3,(H,7,8);/q;+1/p-1. The van der Waals surface area contributed by atoms with Crippen LogP contribution in [0.5, 0.6) is 0 Å². The third kappa shape index (κ3) is 6.30. The summed E-state index contributed by atoms with van der Waals surface area (Å²) in [5.41, 5.74) is 0. The van der Waals surface area contributed by atoms with Crippen molar-refractivity contribution >= 4 is 11.9 Å². The topological polar surface area (TPSA) is 86.7 Å². The maximum atomic E-state index is 10.3. The SMILES string of the molecule is COC(=O)C(O)CC(=O)[O-].[Na+]. The van der Waals surface area contributed by atoms with Crippen molar-refractivity contribution in [2.75, 3.05) is 7.11 Å². The molecule has 0 saturated carbocycles. The summed E-state index contributed by atoms with van der Waals surface area (Å²) in [6.45, 7) is 0. The summed E-state index contributed by atoms with van der Waals surface area (Å²) < 4.78 is 4.03. The first-order valence-electron chi connectivity index (χ1n) is 2.53. The van der Waals surface area contributed by atoms with E-state index in [9.17, 15) is 14.7 Å². The molecule has 0 aliphatic heterocycles. The van der Waals surface area contributed by atoms with Crippen LogP contribution in [0.1, 0.15) is 6.42 Å². The number of hydrogen-bond acceptors (Lipinski definition) is 5. The van der Waals surface area contributed by atoms with Crippen LogP contribution < -0.4 is 34.7 Å². The van der Waals surface area contributed by atoms with Crippen molar-refractivity contribution in [3.8, 4) is 0 Å². The molecule has 0 aromatic rings. The van der Waals surface area contributed by atoms with Gasteiger partial charge in [0, 0.05) is 12.4 Å². The summed E-state index contributed by atoms with van der Waals surface area (Å²) in [4.78, 5) is 20.0. The van der Waals surface area contributed by atoms with Crippen LogP contribution in [0.15, 0.2) is 0 Å². The number of carbonyl (C=O) groups is 2. The fraction of sp³-hybridized carbons (Fsp3) is 0.600. The Labute approximate surface area is 85.6 Å². The van der Waals surface area contributed by atoms with E-state index >= 15 is 0 Å². The minimum atomic E-state index is -1.62. The van der Waals surface area contributed by atoms with Gasteiger partial charge in [0.25, 0.3) is 0 Å². The van der Waals surface area contributed by atoms with Crippen molar-refractivity contribution in [1.29, 1.82) is 0 Å². The van der Waals surface area contributed by atoms with Gasteiger partial charge in [-0.2, -0.15) is 0 Å². The molecule has 1 atom stereocenters. The Morgan fingerprint density at radius 2 is 2.09 bits per heavy atom. The maximum absolute atomic E-state index is 10.3. The predicted octanol–water partition coefficient (Wildman–Crippen LogP) is -5.34. The van der Waals surface area contributed by atoms with Gasteiger partial charge in [0.15, 0.2) is 6.10 Å². The smallest absolute Gasteiger partial charge is 0.550 e. The average molecular weight is 170 g/mol. The van der Waals surface area contributed by atoms with Gasteiger partial charge >= 0.3 is 35.5 Å². The number of aliphatic carboxylic acids is 1. The Kier molecular flexibility index (Phi) is 8.09. The second-order valence-corrected chi connectivity index (χ2v) is 1.62. The number of carboxylic acids is 1. The number of carbonyl (C=O) groups excluding carboxylic acids is 2.